The molecule has 426 valence electrons. The van der Waals surface area contributed by atoms with E-state index in [1.54, 1.807) is 35.3 Å². The number of ether oxygens (including phenoxy) is 2. The monoisotopic (exact) mass is 1130 g/mol. The van der Waals surface area contributed by atoms with Crippen molar-refractivity contribution in [2.45, 2.75) is 223 Å². The fourth-order valence-corrected chi connectivity index (χ4v) is 14.1. The lowest BCUT2D eigenvalue weighted by molar-refractivity contribution is -0.143. The van der Waals surface area contributed by atoms with Crippen molar-refractivity contribution in [3.8, 4) is 0 Å². The van der Waals surface area contributed by atoms with E-state index in [9.17, 15) is 14.4 Å². The molecule has 0 amide bonds. The first-order valence-corrected chi connectivity index (χ1v) is 31.2. The van der Waals surface area contributed by atoms with Crippen LogP contribution in [0.3, 0.4) is 0 Å². The van der Waals surface area contributed by atoms with Crippen LogP contribution in [0.25, 0.3) is 0 Å². The zero-order valence-electron chi connectivity index (χ0n) is 50.3. The number of esters is 2. The highest BCUT2D eigenvalue weighted by Gasteiger charge is 2.39. The lowest BCUT2D eigenvalue weighted by Gasteiger charge is -2.42. The molecule has 3 aliphatic carbocycles. The molecule has 0 unspecified atom stereocenters. The summed E-state index contributed by atoms with van der Waals surface area (Å²) in [6, 6.07) is 45.0. The average Bonchev–Trinajstić information content (AvgIpc) is 3.40. The van der Waals surface area contributed by atoms with Gasteiger partial charge in [0.25, 0.3) is 0 Å². The minimum absolute atomic E-state index is 0.0765. The van der Waals surface area contributed by atoms with Gasteiger partial charge in [0.1, 0.15) is 0 Å². The van der Waals surface area contributed by atoms with Gasteiger partial charge in [0.05, 0.1) is 33.0 Å². The average molecular weight is 1130 g/mol. The summed E-state index contributed by atoms with van der Waals surface area (Å²) in [6.07, 6.45) is 10.0. The molecule has 80 heavy (non-hydrogen) atoms. The fourth-order valence-electron chi connectivity index (χ4n) is 11.4. The topological polar surface area (TPSA) is 89.9 Å². The van der Waals surface area contributed by atoms with Crippen LogP contribution in [0, 0.1) is 0 Å². The summed E-state index contributed by atoms with van der Waals surface area (Å²) >= 11 is 5.27. The van der Waals surface area contributed by atoms with Crippen LogP contribution in [0.2, 0.25) is 0 Å². The standard InChI is InChI=1S/C26H34O2S.C23H28O2S.C22H26O2S/c1-6-7-15-28-24(27)17-19-9-8-10-20(16-19)29-21-11-12-22-23(18-21)26(4,5)14-13-25(22,2)3;1-22(2)11-12-23(3,4)20-15-18(9-10-19(20)22)26-17-8-6-7-16(13-17)14-21(24)25-5;1-21(2)11-12-22(3,4)19-14-17(9-10-18(19)21)25-16-7-5-15(6-8-16)13-20(23)24/h8-12,16,18H,6-7,13-15,17H2,1-5H3;6-10,13,15H,11-12,14H2,1-5H3;5-10,14H,11-13H2,1-4H3,(H,23,24). The summed E-state index contributed by atoms with van der Waals surface area (Å²) < 4.78 is 10.1. The number of carbonyl (C=O) groups is 3. The van der Waals surface area contributed by atoms with E-state index < -0.39 is 5.97 Å². The Hall–Kier alpha value is -5.22. The van der Waals surface area contributed by atoms with E-state index >= 15 is 0 Å². The molecule has 0 heterocycles. The van der Waals surface area contributed by atoms with Gasteiger partial charge < -0.3 is 14.6 Å². The lowest BCUT2D eigenvalue weighted by Crippen LogP contribution is -2.33. The summed E-state index contributed by atoms with van der Waals surface area (Å²) in [5, 5.41) is 8.87. The van der Waals surface area contributed by atoms with Crippen LogP contribution in [0.5, 0.6) is 0 Å². The Kier molecular flexibility index (Phi) is 20.2. The smallest absolute Gasteiger partial charge is 0.310 e. The number of fused-ring (bicyclic) bond motifs is 3. The molecule has 0 aliphatic heterocycles. The van der Waals surface area contributed by atoms with E-state index in [4.69, 9.17) is 14.6 Å². The second-order valence-corrected chi connectivity index (χ2v) is 29.7. The minimum Gasteiger partial charge on any atom is -0.481 e. The molecule has 0 fully saturated rings. The van der Waals surface area contributed by atoms with Gasteiger partial charge in [-0.1, -0.05) is 186 Å². The molecule has 0 saturated heterocycles. The van der Waals surface area contributed by atoms with E-state index in [1.807, 2.05) is 48.5 Å². The molecule has 9 rings (SSSR count). The number of aliphatic carboxylic acids is 1. The predicted molar refractivity (Wildman–Crippen MR) is 334 cm³/mol. The van der Waals surface area contributed by atoms with E-state index in [1.165, 1.54) is 93.7 Å². The third-order valence-corrected chi connectivity index (χ3v) is 19.9. The van der Waals surface area contributed by atoms with Crippen molar-refractivity contribution in [1.29, 1.82) is 0 Å². The van der Waals surface area contributed by atoms with E-state index in [-0.39, 0.29) is 50.8 Å². The van der Waals surface area contributed by atoms with Crippen LogP contribution in [0.1, 0.15) is 191 Å². The lowest BCUT2D eigenvalue weighted by atomic mass is 9.63. The highest BCUT2D eigenvalue weighted by molar-refractivity contribution is 7.99. The van der Waals surface area contributed by atoms with Gasteiger partial charge in [0, 0.05) is 29.4 Å². The second-order valence-electron chi connectivity index (χ2n) is 26.2. The predicted octanol–water partition coefficient (Wildman–Crippen LogP) is 18.8. The van der Waals surface area contributed by atoms with Crippen molar-refractivity contribution in [1.82, 2.24) is 0 Å². The van der Waals surface area contributed by atoms with Crippen LogP contribution < -0.4 is 0 Å². The molecule has 1 N–H and O–H groups in total. The van der Waals surface area contributed by atoms with Crippen molar-refractivity contribution in [3.05, 3.63) is 177 Å². The second kappa shape index (κ2) is 25.9. The molecular formula is C71H88O6S3. The summed E-state index contributed by atoms with van der Waals surface area (Å²) in [5.41, 5.74) is 13.1. The molecule has 9 heteroatoms. The van der Waals surface area contributed by atoms with Gasteiger partial charge in [0.15, 0.2) is 0 Å². The molecule has 0 spiro atoms. The molecule has 6 aromatic rings. The van der Waals surface area contributed by atoms with Gasteiger partial charge in [-0.15, -0.1) is 0 Å². The quantitative estimate of drug-likeness (QED) is 0.0798. The van der Waals surface area contributed by atoms with Crippen LogP contribution in [0.4, 0.5) is 0 Å². The largest absolute Gasteiger partial charge is 0.481 e. The maximum atomic E-state index is 12.0. The van der Waals surface area contributed by atoms with Gasteiger partial charge in [-0.05, 0) is 200 Å². The van der Waals surface area contributed by atoms with Gasteiger partial charge in [-0.2, -0.15) is 0 Å². The normalized spacial score (nSPS) is 17.3. The molecule has 6 nitrogen and oxygen atoms in total. The van der Waals surface area contributed by atoms with Crippen molar-refractivity contribution in [2.75, 3.05) is 13.7 Å². The SMILES string of the molecule is CC1(C)CCC(C)(C)c2cc(Sc3ccc(CC(=O)O)cc3)ccc21.CCCCOC(=O)Cc1cccc(Sc2ccc3c(c2)C(C)(C)CCC3(C)C)c1.COC(=O)Cc1cccc(Sc2ccc3c(c2)C(C)(C)CCC3(C)C)c1. The molecular weight excluding hydrogens is 1040 g/mol. The Morgan fingerprint density at radius 3 is 1.11 bits per heavy atom. The van der Waals surface area contributed by atoms with Gasteiger partial charge in [0.2, 0.25) is 0 Å². The molecule has 0 atom stereocenters. The van der Waals surface area contributed by atoms with Crippen LogP contribution >= 0.6 is 35.3 Å². The number of methoxy groups -OCH3 is 1. The number of hydrogen-bond donors (Lipinski definition) is 1. The number of hydrogen-bond acceptors (Lipinski definition) is 8. The molecule has 0 aromatic heterocycles. The van der Waals surface area contributed by atoms with Gasteiger partial charge in [-0.3, -0.25) is 14.4 Å². The first-order chi connectivity index (χ1) is 37.6. The summed E-state index contributed by atoms with van der Waals surface area (Å²) in [6.45, 7) is 30.8. The Morgan fingerprint density at radius 1 is 0.412 bits per heavy atom. The van der Waals surface area contributed by atoms with Crippen LogP contribution in [-0.2, 0) is 75.6 Å². The highest BCUT2D eigenvalue weighted by atomic mass is 32.2. The molecule has 6 aromatic carbocycles. The number of carbonyl (C=O) groups excluding carboxylic acids is 2. The Balaban J connectivity index is 0.000000174. The molecule has 3 aliphatic rings. The van der Waals surface area contributed by atoms with E-state index in [0.717, 1.165) is 44.2 Å². The van der Waals surface area contributed by atoms with Crippen molar-refractivity contribution in [3.63, 3.8) is 0 Å². The molecule has 0 saturated carbocycles. The maximum absolute atomic E-state index is 12.0. The van der Waals surface area contributed by atoms with E-state index in [0.29, 0.717) is 19.4 Å². The number of rotatable bonds is 15. The van der Waals surface area contributed by atoms with Crippen molar-refractivity contribution in [2.24, 2.45) is 0 Å². The fraction of sp³-hybridized carbons (Fsp3) is 0.451. The number of carboxylic acid groups (broad SMARTS) is 1. The van der Waals surface area contributed by atoms with Gasteiger partial charge >= 0.3 is 17.9 Å². The zero-order valence-corrected chi connectivity index (χ0v) is 52.8. The molecule has 0 bridgehead atoms. The van der Waals surface area contributed by atoms with E-state index in [2.05, 4.69) is 169 Å². The summed E-state index contributed by atoms with van der Waals surface area (Å²) in [5.74, 6) is -1.14. The summed E-state index contributed by atoms with van der Waals surface area (Å²) in [7, 11) is 1.43. The Bertz CT molecular complexity index is 3140. The highest BCUT2D eigenvalue weighted by Crippen LogP contribution is 2.50. The van der Waals surface area contributed by atoms with Gasteiger partial charge in [-0.25, -0.2) is 0 Å². The minimum atomic E-state index is -0.792. The van der Waals surface area contributed by atoms with Crippen LogP contribution in [-0.4, -0.2) is 36.7 Å². The first-order valence-electron chi connectivity index (χ1n) is 28.8. The van der Waals surface area contributed by atoms with Crippen molar-refractivity contribution < 1.29 is 29.0 Å². The molecule has 0 radical (unpaired) electrons. The maximum Gasteiger partial charge on any atom is 0.310 e. The van der Waals surface area contributed by atoms with Crippen LogP contribution in [0.15, 0.2) is 157 Å². The third kappa shape index (κ3) is 16.3. The number of benzene rings is 6. The number of unbranched alkanes of at least 4 members (excludes halogenated alkanes) is 1. The first kappa shape index (κ1) is 62.4. The zero-order chi connectivity index (χ0) is 58.3. The van der Waals surface area contributed by atoms with Crippen molar-refractivity contribution >= 4 is 53.2 Å². The number of carboxylic acids is 1. The third-order valence-electron chi connectivity index (χ3n) is 16.9. The Morgan fingerprint density at radius 2 is 0.750 bits per heavy atom. The summed E-state index contributed by atoms with van der Waals surface area (Å²) in [4.78, 5) is 41.5. The Labute approximate surface area is 492 Å².